The molecular weight excluding hydrogens is 156 g/mol. The number of rotatable bonds is 1. The van der Waals surface area contributed by atoms with Crippen molar-refractivity contribution in [2.45, 2.75) is 20.3 Å². The summed E-state index contributed by atoms with van der Waals surface area (Å²) in [6.07, 6.45) is 0.716. The standard InChI is InChI=1S/C9H12O3/c1-3-6-4-7(10)9(12)8(11)5(6)2/h4,10-12H,3H2,1-2H3. The molecule has 3 heteroatoms. The van der Waals surface area contributed by atoms with Gasteiger partial charge in [0.05, 0.1) is 0 Å². The quantitative estimate of drug-likeness (QED) is 0.559. The van der Waals surface area contributed by atoms with E-state index in [1.165, 1.54) is 6.07 Å². The Kier molecular flexibility index (Phi) is 2.13. The van der Waals surface area contributed by atoms with Gasteiger partial charge >= 0.3 is 0 Å². The lowest BCUT2D eigenvalue weighted by atomic mass is 10.0. The van der Waals surface area contributed by atoms with Gasteiger partial charge in [0.1, 0.15) is 0 Å². The topological polar surface area (TPSA) is 60.7 Å². The van der Waals surface area contributed by atoms with Crippen LogP contribution in [0, 0.1) is 6.92 Å². The van der Waals surface area contributed by atoms with Crippen molar-refractivity contribution in [2.75, 3.05) is 0 Å². The van der Waals surface area contributed by atoms with Crippen molar-refractivity contribution in [3.8, 4) is 17.2 Å². The molecule has 1 rings (SSSR count). The molecule has 0 aromatic heterocycles. The molecule has 3 N–H and O–H groups in total. The van der Waals surface area contributed by atoms with Crippen LogP contribution in [0.4, 0.5) is 0 Å². The van der Waals surface area contributed by atoms with Crippen molar-refractivity contribution in [1.82, 2.24) is 0 Å². The third kappa shape index (κ3) is 1.18. The van der Waals surface area contributed by atoms with Crippen LogP contribution in [0.1, 0.15) is 18.1 Å². The summed E-state index contributed by atoms with van der Waals surface area (Å²) in [6, 6.07) is 1.46. The number of phenolic OH excluding ortho intramolecular Hbond substituents is 3. The van der Waals surface area contributed by atoms with Gasteiger partial charge in [-0.2, -0.15) is 0 Å². The molecule has 0 amide bonds. The van der Waals surface area contributed by atoms with Gasteiger partial charge in [-0.05, 0) is 30.5 Å². The molecule has 66 valence electrons. The second kappa shape index (κ2) is 2.93. The normalized spacial score (nSPS) is 10.2. The minimum atomic E-state index is -0.440. The van der Waals surface area contributed by atoms with Crippen LogP contribution >= 0.6 is 0 Å². The zero-order chi connectivity index (χ0) is 9.30. The maximum absolute atomic E-state index is 9.29. The molecule has 0 atom stereocenters. The van der Waals surface area contributed by atoms with Crippen LogP contribution in [-0.2, 0) is 6.42 Å². The van der Waals surface area contributed by atoms with Crippen molar-refractivity contribution in [3.63, 3.8) is 0 Å². The molecule has 0 spiro atoms. The highest BCUT2D eigenvalue weighted by Gasteiger charge is 2.11. The Hall–Kier alpha value is -1.38. The van der Waals surface area contributed by atoms with Gasteiger partial charge < -0.3 is 15.3 Å². The molecule has 0 saturated heterocycles. The van der Waals surface area contributed by atoms with Crippen LogP contribution in [0.5, 0.6) is 17.2 Å². The lowest BCUT2D eigenvalue weighted by Gasteiger charge is -2.08. The third-order valence-electron chi connectivity index (χ3n) is 2.00. The van der Waals surface area contributed by atoms with Gasteiger partial charge in [0.15, 0.2) is 11.5 Å². The Morgan fingerprint density at radius 1 is 1.17 bits per heavy atom. The smallest absolute Gasteiger partial charge is 0.200 e. The first-order valence-electron chi connectivity index (χ1n) is 3.81. The van der Waals surface area contributed by atoms with Crippen molar-refractivity contribution >= 4 is 0 Å². The minimum Gasteiger partial charge on any atom is -0.504 e. The Bertz CT molecular complexity index is 305. The molecule has 0 aliphatic carbocycles. The van der Waals surface area contributed by atoms with Gasteiger partial charge in [-0.25, -0.2) is 0 Å². The molecule has 0 bridgehead atoms. The average Bonchev–Trinajstić information content (AvgIpc) is 2.08. The van der Waals surface area contributed by atoms with Crippen LogP contribution in [0.2, 0.25) is 0 Å². The van der Waals surface area contributed by atoms with Crippen LogP contribution in [0.25, 0.3) is 0 Å². The third-order valence-corrected chi connectivity index (χ3v) is 2.00. The Morgan fingerprint density at radius 2 is 1.75 bits per heavy atom. The van der Waals surface area contributed by atoms with E-state index in [0.717, 1.165) is 5.56 Å². The fourth-order valence-corrected chi connectivity index (χ4v) is 1.16. The summed E-state index contributed by atoms with van der Waals surface area (Å²) < 4.78 is 0. The summed E-state index contributed by atoms with van der Waals surface area (Å²) in [4.78, 5) is 0. The predicted octanol–water partition coefficient (Wildman–Crippen LogP) is 1.67. The van der Waals surface area contributed by atoms with E-state index >= 15 is 0 Å². The summed E-state index contributed by atoms with van der Waals surface area (Å²) in [5.41, 5.74) is 1.45. The molecular formula is C9H12O3. The summed E-state index contributed by atoms with van der Waals surface area (Å²) in [5, 5.41) is 27.5. The number of hydrogen-bond acceptors (Lipinski definition) is 3. The number of aryl methyl sites for hydroxylation is 1. The molecule has 0 unspecified atom stereocenters. The Balaban J connectivity index is 3.39. The summed E-state index contributed by atoms with van der Waals surface area (Å²) in [6.45, 7) is 3.62. The van der Waals surface area contributed by atoms with E-state index in [0.29, 0.717) is 12.0 Å². The molecule has 0 aliphatic rings. The van der Waals surface area contributed by atoms with E-state index in [4.69, 9.17) is 10.2 Å². The molecule has 0 heterocycles. The molecule has 1 aromatic carbocycles. The molecule has 0 aliphatic heterocycles. The second-order valence-electron chi connectivity index (χ2n) is 2.73. The zero-order valence-corrected chi connectivity index (χ0v) is 7.13. The van der Waals surface area contributed by atoms with E-state index in [2.05, 4.69) is 0 Å². The highest BCUT2D eigenvalue weighted by Crippen LogP contribution is 2.38. The largest absolute Gasteiger partial charge is 0.504 e. The second-order valence-corrected chi connectivity index (χ2v) is 2.73. The van der Waals surface area contributed by atoms with Gasteiger partial charge in [0.25, 0.3) is 0 Å². The Labute approximate surface area is 70.9 Å². The minimum absolute atomic E-state index is 0.230. The van der Waals surface area contributed by atoms with Crippen LogP contribution in [0.3, 0.4) is 0 Å². The van der Waals surface area contributed by atoms with E-state index < -0.39 is 5.75 Å². The van der Waals surface area contributed by atoms with Crippen LogP contribution in [0.15, 0.2) is 6.07 Å². The molecule has 3 nitrogen and oxygen atoms in total. The van der Waals surface area contributed by atoms with Gasteiger partial charge in [0.2, 0.25) is 5.75 Å². The zero-order valence-electron chi connectivity index (χ0n) is 7.13. The van der Waals surface area contributed by atoms with Crippen molar-refractivity contribution in [3.05, 3.63) is 17.2 Å². The Morgan fingerprint density at radius 3 is 2.25 bits per heavy atom. The van der Waals surface area contributed by atoms with Gasteiger partial charge in [-0.1, -0.05) is 6.92 Å². The molecule has 0 saturated carbocycles. The lowest BCUT2D eigenvalue weighted by molar-refractivity contribution is 0.365. The van der Waals surface area contributed by atoms with Gasteiger partial charge in [-0.15, -0.1) is 0 Å². The fraction of sp³-hybridized carbons (Fsp3) is 0.333. The predicted molar refractivity (Wildman–Crippen MR) is 45.6 cm³/mol. The number of hydrogen-bond donors (Lipinski definition) is 3. The molecule has 0 radical (unpaired) electrons. The monoisotopic (exact) mass is 168 g/mol. The first-order valence-corrected chi connectivity index (χ1v) is 3.81. The van der Waals surface area contributed by atoms with E-state index in [1.807, 2.05) is 6.92 Å². The van der Waals surface area contributed by atoms with Crippen molar-refractivity contribution in [2.24, 2.45) is 0 Å². The number of aromatic hydroxyl groups is 3. The summed E-state index contributed by atoms with van der Waals surface area (Å²) >= 11 is 0. The lowest BCUT2D eigenvalue weighted by Crippen LogP contribution is -1.87. The fourth-order valence-electron chi connectivity index (χ4n) is 1.16. The number of benzene rings is 1. The maximum atomic E-state index is 9.29. The van der Waals surface area contributed by atoms with E-state index in [1.54, 1.807) is 6.92 Å². The summed E-state index contributed by atoms with van der Waals surface area (Å²) in [7, 11) is 0. The van der Waals surface area contributed by atoms with E-state index in [-0.39, 0.29) is 11.5 Å². The van der Waals surface area contributed by atoms with E-state index in [9.17, 15) is 5.11 Å². The van der Waals surface area contributed by atoms with Crippen LogP contribution in [-0.4, -0.2) is 15.3 Å². The SMILES string of the molecule is CCc1cc(O)c(O)c(O)c1C. The molecule has 0 fully saturated rings. The highest BCUT2D eigenvalue weighted by atomic mass is 16.3. The average molecular weight is 168 g/mol. The first-order chi connectivity index (χ1) is 5.57. The van der Waals surface area contributed by atoms with Crippen LogP contribution < -0.4 is 0 Å². The molecule has 12 heavy (non-hydrogen) atoms. The van der Waals surface area contributed by atoms with Crippen molar-refractivity contribution in [1.29, 1.82) is 0 Å². The number of phenols is 3. The maximum Gasteiger partial charge on any atom is 0.200 e. The highest BCUT2D eigenvalue weighted by molar-refractivity contribution is 5.56. The van der Waals surface area contributed by atoms with Crippen molar-refractivity contribution < 1.29 is 15.3 Å². The van der Waals surface area contributed by atoms with Gasteiger partial charge in [-0.3, -0.25) is 0 Å². The first kappa shape index (κ1) is 8.71. The van der Waals surface area contributed by atoms with Gasteiger partial charge in [0, 0.05) is 0 Å². The molecule has 1 aromatic rings. The summed E-state index contributed by atoms with van der Waals surface area (Å²) in [5.74, 6) is -0.938.